The van der Waals surface area contributed by atoms with Gasteiger partial charge in [-0.15, -0.1) is 0 Å². The summed E-state index contributed by atoms with van der Waals surface area (Å²) in [6.07, 6.45) is 5.16. The molecule has 3 atom stereocenters. The molecule has 1 aromatic rings. The summed E-state index contributed by atoms with van der Waals surface area (Å²) in [4.78, 5) is 8.09. The fraction of sp³-hybridized carbons (Fsp3) is 0.692. The van der Waals surface area contributed by atoms with E-state index in [0.717, 1.165) is 24.3 Å². The molecule has 0 bridgehead atoms. The van der Waals surface area contributed by atoms with E-state index in [4.69, 9.17) is 16.3 Å². The SMILES string of the molecule is Cc1c(Cl)ncnc1OC1CCC(C)C(C)C1. The first-order valence-corrected chi connectivity index (χ1v) is 6.59. The van der Waals surface area contributed by atoms with Crippen molar-refractivity contribution in [3.05, 3.63) is 17.0 Å². The van der Waals surface area contributed by atoms with Gasteiger partial charge in [0, 0.05) is 5.56 Å². The monoisotopic (exact) mass is 254 g/mol. The van der Waals surface area contributed by atoms with Gasteiger partial charge in [0.1, 0.15) is 17.6 Å². The third-order valence-electron chi connectivity index (χ3n) is 3.80. The van der Waals surface area contributed by atoms with Crippen LogP contribution in [0.4, 0.5) is 0 Å². The zero-order chi connectivity index (χ0) is 12.4. The van der Waals surface area contributed by atoms with Gasteiger partial charge >= 0.3 is 0 Å². The second-order valence-corrected chi connectivity index (χ2v) is 5.46. The second-order valence-electron chi connectivity index (χ2n) is 5.10. The Morgan fingerprint density at radius 1 is 1.24 bits per heavy atom. The maximum atomic E-state index is 5.95. The third-order valence-corrected chi connectivity index (χ3v) is 4.19. The first-order chi connectivity index (χ1) is 8.08. The average molecular weight is 255 g/mol. The Bertz CT molecular complexity index is 397. The lowest BCUT2D eigenvalue weighted by atomic mass is 9.80. The van der Waals surface area contributed by atoms with Crippen molar-refractivity contribution in [2.24, 2.45) is 11.8 Å². The molecule has 1 aliphatic rings. The minimum Gasteiger partial charge on any atom is -0.474 e. The van der Waals surface area contributed by atoms with Crippen LogP contribution in [-0.4, -0.2) is 16.1 Å². The molecule has 0 saturated heterocycles. The third kappa shape index (κ3) is 2.89. The smallest absolute Gasteiger partial charge is 0.221 e. The topological polar surface area (TPSA) is 35.0 Å². The number of halogens is 1. The van der Waals surface area contributed by atoms with Gasteiger partial charge in [-0.05, 0) is 38.0 Å². The quantitative estimate of drug-likeness (QED) is 0.756. The minimum absolute atomic E-state index is 0.269. The summed E-state index contributed by atoms with van der Waals surface area (Å²) >= 11 is 5.95. The van der Waals surface area contributed by atoms with Gasteiger partial charge in [-0.2, -0.15) is 0 Å². The van der Waals surface area contributed by atoms with Crippen molar-refractivity contribution in [2.45, 2.75) is 46.1 Å². The van der Waals surface area contributed by atoms with Crippen LogP contribution in [0.25, 0.3) is 0 Å². The largest absolute Gasteiger partial charge is 0.474 e. The Morgan fingerprint density at radius 2 is 2.00 bits per heavy atom. The van der Waals surface area contributed by atoms with Crippen molar-refractivity contribution in [2.75, 3.05) is 0 Å². The number of aromatic nitrogens is 2. The van der Waals surface area contributed by atoms with Gasteiger partial charge in [-0.1, -0.05) is 25.4 Å². The van der Waals surface area contributed by atoms with E-state index >= 15 is 0 Å². The van der Waals surface area contributed by atoms with Gasteiger partial charge in [0.05, 0.1) is 0 Å². The fourth-order valence-corrected chi connectivity index (χ4v) is 2.42. The van der Waals surface area contributed by atoms with Crippen molar-refractivity contribution < 1.29 is 4.74 Å². The molecule has 0 aromatic carbocycles. The molecule has 3 unspecified atom stereocenters. The van der Waals surface area contributed by atoms with Gasteiger partial charge in [-0.3, -0.25) is 0 Å². The van der Waals surface area contributed by atoms with E-state index in [9.17, 15) is 0 Å². The molecule has 0 N–H and O–H groups in total. The lowest BCUT2D eigenvalue weighted by Crippen LogP contribution is -2.29. The van der Waals surface area contributed by atoms with Crippen LogP contribution >= 0.6 is 11.6 Å². The molecule has 3 nitrogen and oxygen atoms in total. The van der Waals surface area contributed by atoms with E-state index < -0.39 is 0 Å². The molecule has 94 valence electrons. The summed E-state index contributed by atoms with van der Waals surface area (Å²) in [5.41, 5.74) is 0.834. The van der Waals surface area contributed by atoms with Crippen molar-refractivity contribution in [3.8, 4) is 5.88 Å². The number of rotatable bonds is 2. The van der Waals surface area contributed by atoms with E-state index in [1.807, 2.05) is 6.92 Å². The molecule has 2 rings (SSSR count). The van der Waals surface area contributed by atoms with E-state index in [2.05, 4.69) is 23.8 Å². The summed E-state index contributed by atoms with van der Waals surface area (Å²) < 4.78 is 5.95. The highest BCUT2D eigenvalue weighted by Crippen LogP contribution is 2.32. The van der Waals surface area contributed by atoms with Crippen molar-refractivity contribution in [1.82, 2.24) is 9.97 Å². The molecule has 0 radical (unpaired) electrons. The molecule has 1 aliphatic carbocycles. The second kappa shape index (κ2) is 5.21. The molecule has 0 amide bonds. The maximum Gasteiger partial charge on any atom is 0.221 e. The van der Waals surface area contributed by atoms with Gasteiger partial charge in [0.15, 0.2) is 0 Å². The standard InChI is InChI=1S/C13H19ClN2O/c1-8-4-5-11(6-9(8)2)17-13-10(3)12(14)15-7-16-13/h7-9,11H,4-6H2,1-3H3. The molecule has 1 saturated carbocycles. The number of hydrogen-bond donors (Lipinski definition) is 0. The Labute approximate surface area is 108 Å². The maximum absolute atomic E-state index is 5.95. The van der Waals surface area contributed by atoms with Crippen LogP contribution in [0.15, 0.2) is 6.33 Å². The fourth-order valence-electron chi connectivity index (χ4n) is 2.30. The first kappa shape index (κ1) is 12.6. The summed E-state index contributed by atoms with van der Waals surface area (Å²) in [7, 11) is 0. The van der Waals surface area contributed by atoms with Crippen molar-refractivity contribution in [1.29, 1.82) is 0 Å². The van der Waals surface area contributed by atoms with E-state index in [-0.39, 0.29) is 6.10 Å². The normalized spacial score (nSPS) is 29.1. The Balaban J connectivity index is 2.04. The highest BCUT2D eigenvalue weighted by atomic mass is 35.5. The summed E-state index contributed by atoms with van der Waals surface area (Å²) in [5.74, 6) is 2.15. The van der Waals surface area contributed by atoms with Crippen LogP contribution in [-0.2, 0) is 0 Å². The summed E-state index contributed by atoms with van der Waals surface area (Å²) in [6, 6.07) is 0. The molecule has 0 spiro atoms. The number of ether oxygens (including phenoxy) is 1. The Morgan fingerprint density at radius 3 is 2.71 bits per heavy atom. The van der Waals surface area contributed by atoms with Crippen LogP contribution < -0.4 is 4.74 Å². The predicted molar refractivity (Wildman–Crippen MR) is 68.4 cm³/mol. The molecule has 1 heterocycles. The summed E-state index contributed by atoms with van der Waals surface area (Å²) in [5, 5.41) is 0.479. The average Bonchev–Trinajstić information content (AvgIpc) is 2.30. The molecular formula is C13H19ClN2O. The van der Waals surface area contributed by atoms with E-state index in [1.165, 1.54) is 12.7 Å². The van der Waals surface area contributed by atoms with Gasteiger partial charge < -0.3 is 4.74 Å². The predicted octanol–water partition coefficient (Wildman–Crippen LogP) is 3.64. The first-order valence-electron chi connectivity index (χ1n) is 6.21. The van der Waals surface area contributed by atoms with Crippen LogP contribution in [0.5, 0.6) is 5.88 Å². The number of nitrogens with zero attached hydrogens (tertiary/aromatic N) is 2. The van der Waals surface area contributed by atoms with Crippen molar-refractivity contribution >= 4 is 11.6 Å². The van der Waals surface area contributed by atoms with Gasteiger partial charge in [-0.25, -0.2) is 9.97 Å². The molecule has 1 fully saturated rings. The summed E-state index contributed by atoms with van der Waals surface area (Å²) in [6.45, 7) is 6.50. The lowest BCUT2D eigenvalue weighted by Gasteiger charge is -2.32. The molecule has 1 aromatic heterocycles. The minimum atomic E-state index is 0.269. The Hall–Kier alpha value is -0.830. The molecule has 4 heteroatoms. The van der Waals surface area contributed by atoms with Gasteiger partial charge in [0.25, 0.3) is 0 Å². The van der Waals surface area contributed by atoms with Crippen LogP contribution in [0.1, 0.15) is 38.7 Å². The van der Waals surface area contributed by atoms with E-state index in [1.54, 1.807) is 0 Å². The van der Waals surface area contributed by atoms with Gasteiger partial charge in [0.2, 0.25) is 5.88 Å². The zero-order valence-corrected chi connectivity index (χ0v) is 11.4. The molecule has 0 aliphatic heterocycles. The van der Waals surface area contributed by atoms with E-state index in [0.29, 0.717) is 17.0 Å². The van der Waals surface area contributed by atoms with Crippen LogP contribution in [0.3, 0.4) is 0 Å². The van der Waals surface area contributed by atoms with Crippen molar-refractivity contribution in [3.63, 3.8) is 0 Å². The number of hydrogen-bond acceptors (Lipinski definition) is 3. The Kier molecular flexibility index (Phi) is 3.87. The zero-order valence-electron chi connectivity index (χ0n) is 10.6. The highest BCUT2D eigenvalue weighted by molar-refractivity contribution is 6.30. The molecule has 17 heavy (non-hydrogen) atoms. The molecular weight excluding hydrogens is 236 g/mol. The lowest BCUT2D eigenvalue weighted by molar-refractivity contribution is 0.0956. The van der Waals surface area contributed by atoms with Crippen LogP contribution in [0.2, 0.25) is 5.15 Å². The highest BCUT2D eigenvalue weighted by Gasteiger charge is 2.26. The van der Waals surface area contributed by atoms with Crippen LogP contribution in [0, 0.1) is 18.8 Å².